The van der Waals surface area contributed by atoms with Gasteiger partial charge in [0, 0.05) is 35.2 Å². The molecule has 8 heteroatoms. The van der Waals surface area contributed by atoms with Crippen LogP contribution in [0.4, 0.5) is 10.5 Å². The van der Waals surface area contributed by atoms with Crippen LogP contribution in [-0.4, -0.2) is 19.4 Å². The van der Waals surface area contributed by atoms with Gasteiger partial charge in [-0.1, -0.05) is 41.9 Å². The Morgan fingerprint density at radius 2 is 1.61 bits per heavy atom. The van der Waals surface area contributed by atoms with Gasteiger partial charge in [-0.2, -0.15) is 0 Å². The Labute approximate surface area is 197 Å². The van der Waals surface area contributed by atoms with Crippen LogP contribution in [0.2, 0.25) is 5.02 Å². The van der Waals surface area contributed by atoms with E-state index in [4.69, 9.17) is 11.6 Å². The maximum atomic E-state index is 13.4. The molecule has 0 saturated carbocycles. The van der Waals surface area contributed by atoms with E-state index < -0.39 is 15.9 Å². The van der Waals surface area contributed by atoms with Gasteiger partial charge in [0.2, 0.25) is 9.84 Å². The van der Waals surface area contributed by atoms with Crippen LogP contribution in [0.1, 0.15) is 5.56 Å². The van der Waals surface area contributed by atoms with Crippen molar-refractivity contribution in [3.8, 4) is 11.1 Å². The maximum Gasteiger partial charge on any atom is 0.319 e. The van der Waals surface area contributed by atoms with E-state index in [9.17, 15) is 13.2 Å². The van der Waals surface area contributed by atoms with E-state index in [0.29, 0.717) is 28.4 Å². The number of anilines is 1. The Morgan fingerprint density at radius 3 is 2.33 bits per heavy atom. The van der Waals surface area contributed by atoms with Crippen molar-refractivity contribution in [2.75, 3.05) is 5.32 Å². The fraction of sp³-hybridized carbons (Fsp3) is 0.0400. The van der Waals surface area contributed by atoms with Gasteiger partial charge in [-0.05, 0) is 65.7 Å². The largest absolute Gasteiger partial charge is 0.334 e. The number of carbonyl (C=O) groups excluding carboxylic acids is 1. The molecule has 0 aliphatic carbocycles. The third-order valence-corrected chi connectivity index (χ3v) is 7.00. The van der Waals surface area contributed by atoms with Gasteiger partial charge in [-0.3, -0.25) is 4.98 Å². The zero-order valence-corrected chi connectivity index (χ0v) is 19.0. The zero-order valence-electron chi connectivity index (χ0n) is 17.4. The second kappa shape index (κ2) is 9.85. The summed E-state index contributed by atoms with van der Waals surface area (Å²) < 4.78 is 26.7. The van der Waals surface area contributed by atoms with E-state index in [2.05, 4.69) is 15.6 Å². The molecule has 0 aliphatic heterocycles. The first-order valence-electron chi connectivity index (χ1n) is 10.1. The number of hydrogen-bond acceptors (Lipinski definition) is 4. The van der Waals surface area contributed by atoms with Crippen LogP contribution in [0.3, 0.4) is 0 Å². The molecule has 0 radical (unpaired) electrons. The predicted octanol–water partition coefficient (Wildman–Crippen LogP) is 5.56. The lowest BCUT2D eigenvalue weighted by Crippen LogP contribution is -2.28. The van der Waals surface area contributed by atoms with Gasteiger partial charge >= 0.3 is 6.03 Å². The molecule has 3 aromatic carbocycles. The Bertz CT molecular complexity index is 1380. The van der Waals surface area contributed by atoms with Gasteiger partial charge in [0.05, 0.1) is 9.79 Å². The molecule has 4 rings (SSSR count). The number of pyridine rings is 1. The molecule has 0 fully saturated rings. The van der Waals surface area contributed by atoms with Crippen LogP contribution >= 0.6 is 11.6 Å². The van der Waals surface area contributed by atoms with Crippen molar-refractivity contribution in [1.82, 2.24) is 10.3 Å². The Kier molecular flexibility index (Phi) is 6.72. The monoisotopic (exact) mass is 477 g/mol. The lowest BCUT2D eigenvalue weighted by molar-refractivity contribution is 0.251. The van der Waals surface area contributed by atoms with Crippen LogP contribution in [0, 0.1) is 0 Å². The summed E-state index contributed by atoms with van der Waals surface area (Å²) in [5, 5.41) is 5.97. The van der Waals surface area contributed by atoms with Crippen LogP contribution in [-0.2, 0) is 16.4 Å². The lowest BCUT2D eigenvalue weighted by atomic mass is 10.1. The summed E-state index contributed by atoms with van der Waals surface area (Å²) in [6.07, 6.45) is 3.30. The Morgan fingerprint density at radius 1 is 0.879 bits per heavy atom. The average Bonchev–Trinajstić information content (AvgIpc) is 2.84. The third-order valence-electron chi connectivity index (χ3n) is 4.94. The summed E-state index contributed by atoms with van der Waals surface area (Å²) in [5.41, 5.74) is 2.67. The first-order chi connectivity index (χ1) is 15.9. The summed E-state index contributed by atoms with van der Waals surface area (Å²) in [6.45, 7) is 0.348. The molecule has 6 nitrogen and oxygen atoms in total. The van der Waals surface area contributed by atoms with Crippen LogP contribution < -0.4 is 10.6 Å². The molecular weight excluding hydrogens is 458 g/mol. The lowest BCUT2D eigenvalue weighted by Gasteiger charge is -2.12. The number of urea groups is 1. The number of hydrogen-bond donors (Lipinski definition) is 2. The van der Waals surface area contributed by atoms with E-state index in [1.165, 1.54) is 12.1 Å². The summed E-state index contributed by atoms with van der Waals surface area (Å²) in [5.74, 6) is 0. The Hall–Kier alpha value is -3.68. The zero-order chi connectivity index (χ0) is 23.3. The van der Waals surface area contributed by atoms with Gasteiger partial charge in [0.1, 0.15) is 0 Å². The summed E-state index contributed by atoms with van der Waals surface area (Å²) in [6, 6.07) is 23.1. The summed E-state index contributed by atoms with van der Waals surface area (Å²) in [7, 11) is -3.80. The highest BCUT2D eigenvalue weighted by molar-refractivity contribution is 7.91. The van der Waals surface area contributed by atoms with Crippen molar-refractivity contribution in [3.63, 3.8) is 0 Å². The molecule has 2 amide bonds. The van der Waals surface area contributed by atoms with Gasteiger partial charge in [-0.15, -0.1) is 0 Å². The highest BCUT2D eigenvalue weighted by atomic mass is 35.5. The molecule has 4 aromatic rings. The second-order valence-electron chi connectivity index (χ2n) is 7.20. The molecule has 33 heavy (non-hydrogen) atoms. The van der Waals surface area contributed by atoms with Crippen molar-refractivity contribution < 1.29 is 13.2 Å². The average molecular weight is 478 g/mol. The number of aromatic nitrogens is 1. The number of rotatable bonds is 6. The molecule has 1 aromatic heterocycles. The van der Waals surface area contributed by atoms with E-state index in [0.717, 1.165) is 5.56 Å². The number of nitrogens with one attached hydrogen (secondary N) is 2. The minimum Gasteiger partial charge on any atom is -0.334 e. The van der Waals surface area contributed by atoms with Crippen molar-refractivity contribution in [1.29, 1.82) is 0 Å². The van der Waals surface area contributed by atoms with Crippen LogP contribution in [0.25, 0.3) is 11.1 Å². The first kappa shape index (κ1) is 22.5. The van der Waals surface area contributed by atoms with Gasteiger partial charge < -0.3 is 10.6 Å². The first-order valence-corrected chi connectivity index (χ1v) is 11.9. The number of benzene rings is 3. The minimum absolute atomic E-state index is 0.125. The summed E-state index contributed by atoms with van der Waals surface area (Å²) >= 11 is 6.10. The highest BCUT2D eigenvalue weighted by Gasteiger charge is 2.22. The molecule has 2 N–H and O–H groups in total. The number of carbonyl (C=O) groups is 1. The Balaban J connectivity index is 1.51. The van der Waals surface area contributed by atoms with Crippen molar-refractivity contribution in [2.45, 2.75) is 16.3 Å². The van der Waals surface area contributed by atoms with Crippen molar-refractivity contribution in [3.05, 3.63) is 108 Å². The molecule has 0 spiro atoms. The van der Waals surface area contributed by atoms with E-state index in [1.807, 2.05) is 6.07 Å². The molecule has 0 saturated heterocycles. The van der Waals surface area contributed by atoms with Gasteiger partial charge in [-0.25, -0.2) is 13.2 Å². The smallest absolute Gasteiger partial charge is 0.319 e. The van der Waals surface area contributed by atoms with Crippen molar-refractivity contribution in [2.24, 2.45) is 0 Å². The van der Waals surface area contributed by atoms with E-state index in [1.54, 1.807) is 79.1 Å². The van der Waals surface area contributed by atoms with Crippen molar-refractivity contribution >= 4 is 33.2 Å². The standard InChI is InChI=1S/C25H20ClN3O3S/c26-20-5-3-4-19(16-20)23-6-1-2-7-24(23)33(31,32)22-10-8-21(9-11-22)29-25(30)28-17-18-12-14-27-15-13-18/h1-16H,17H2,(H2,28,29,30). The SMILES string of the molecule is O=C(NCc1ccncc1)Nc1ccc(S(=O)(=O)c2ccccc2-c2cccc(Cl)c2)cc1. The quantitative estimate of drug-likeness (QED) is 0.380. The molecule has 166 valence electrons. The molecule has 0 atom stereocenters. The number of amides is 2. The number of nitrogens with zero attached hydrogens (tertiary/aromatic N) is 1. The second-order valence-corrected chi connectivity index (χ2v) is 9.55. The maximum absolute atomic E-state index is 13.4. The molecule has 0 unspecified atom stereocenters. The predicted molar refractivity (Wildman–Crippen MR) is 129 cm³/mol. The molecular formula is C25H20ClN3O3S. The van der Waals surface area contributed by atoms with E-state index in [-0.39, 0.29) is 9.79 Å². The fourth-order valence-corrected chi connectivity index (χ4v) is 4.97. The number of halogens is 1. The highest BCUT2D eigenvalue weighted by Crippen LogP contribution is 2.32. The molecule has 0 bridgehead atoms. The normalized spacial score (nSPS) is 11.1. The molecule has 0 aliphatic rings. The van der Waals surface area contributed by atoms with E-state index >= 15 is 0 Å². The third kappa shape index (κ3) is 5.39. The number of sulfone groups is 1. The van der Waals surface area contributed by atoms with Crippen LogP contribution in [0.5, 0.6) is 0 Å². The van der Waals surface area contributed by atoms with Crippen LogP contribution in [0.15, 0.2) is 107 Å². The topological polar surface area (TPSA) is 88.2 Å². The molecule has 1 heterocycles. The minimum atomic E-state index is -3.80. The van der Waals surface area contributed by atoms with Gasteiger partial charge in [0.25, 0.3) is 0 Å². The van der Waals surface area contributed by atoms with Gasteiger partial charge in [0.15, 0.2) is 0 Å². The fourth-order valence-electron chi connectivity index (χ4n) is 3.30. The summed E-state index contributed by atoms with van der Waals surface area (Å²) in [4.78, 5) is 16.4.